The van der Waals surface area contributed by atoms with Crippen LogP contribution in [0.1, 0.15) is 35.3 Å². The minimum Gasteiger partial charge on any atom is -0.465 e. The van der Waals surface area contributed by atoms with E-state index >= 15 is 0 Å². The molecule has 0 saturated heterocycles. The molecule has 0 saturated carbocycles. The average molecular weight is 563 g/mol. The summed E-state index contributed by atoms with van der Waals surface area (Å²) in [6.07, 6.45) is -4.83. The number of alkyl halides is 3. The number of nitro groups is 1. The molecule has 0 aliphatic rings. The van der Waals surface area contributed by atoms with Gasteiger partial charge in [-0.25, -0.2) is 14.0 Å². The van der Waals surface area contributed by atoms with Crippen molar-refractivity contribution in [1.29, 1.82) is 0 Å². The van der Waals surface area contributed by atoms with Crippen LogP contribution in [0.15, 0.2) is 66.7 Å². The Labute approximate surface area is 224 Å². The van der Waals surface area contributed by atoms with E-state index in [1.165, 1.54) is 44.2 Å². The predicted octanol–water partition coefficient (Wildman–Crippen LogP) is 5.79. The summed E-state index contributed by atoms with van der Waals surface area (Å²) in [6, 6.07) is 10.8. The first-order valence-electron chi connectivity index (χ1n) is 11.7. The van der Waals surface area contributed by atoms with Crippen LogP contribution in [-0.2, 0) is 30.7 Å². The number of ether oxygens (including phenoxy) is 3. The molecule has 0 spiro atoms. The van der Waals surface area contributed by atoms with Gasteiger partial charge in [0.15, 0.2) is 11.6 Å². The van der Waals surface area contributed by atoms with Crippen LogP contribution in [0.5, 0.6) is 11.5 Å². The number of esters is 2. The van der Waals surface area contributed by atoms with Gasteiger partial charge >= 0.3 is 18.1 Å². The van der Waals surface area contributed by atoms with Gasteiger partial charge in [-0.15, -0.1) is 0 Å². The van der Waals surface area contributed by atoms with Crippen molar-refractivity contribution >= 4 is 23.4 Å². The Morgan fingerprint density at radius 3 is 1.95 bits per heavy atom. The van der Waals surface area contributed by atoms with Crippen molar-refractivity contribution in [3.05, 3.63) is 99.4 Å². The van der Waals surface area contributed by atoms with E-state index in [4.69, 9.17) is 14.2 Å². The number of carbonyl (C=O) groups is 3. The zero-order chi connectivity index (χ0) is 29.7. The highest BCUT2D eigenvalue weighted by Gasteiger charge is 2.58. The smallest absolute Gasteiger partial charge is 0.416 e. The van der Waals surface area contributed by atoms with Crippen LogP contribution in [0.2, 0.25) is 0 Å². The van der Waals surface area contributed by atoms with Crippen molar-refractivity contribution in [3.63, 3.8) is 0 Å². The molecule has 0 fully saturated rings. The normalized spacial score (nSPS) is 11.4. The third kappa shape index (κ3) is 5.77. The summed E-state index contributed by atoms with van der Waals surface area (Å²) in [5.74, 6) is -6.64. The maximum Gasteiger partial charge on any atom is 0.416 e. The third-order valence-electron chi connectivity index (χ3n) is 5.61. The number of Topliss-reactive ketones (excluding diaryl/α,β-unsaturated/α-hetero) is 1. The van der Waals surface area contributed by atoms with Gasteiger partial charge < -0.3 is 14.2 Å². The lowest BCUT2D eigenvalue weighted by atomic mass is 9.73. The van der Waals surface area contributed by atoms with Crippen molar-refractivity contribution in [2.45, 2.75) is 25.4 Å². The quantitative estimate of drug-likeness (QED) is 0.0759. The Balaban J connectivity index is 2.22. The summed E-state index contributed by atoms with van der Waals surface area (Å²) in [4.78, 5) is 51.6. The Morgan fingerprint density at radius 2 is 1.45 bits per heavy atom. The summed E-state index contributed by atoms with van der Waals surface area (Å²) in [6.45, 7) is 2.30. The number of rotatable bonds is 10. The van der Waals surface area contributed by atoms with Gasteiger partial charge in [-0.2, -0.15) is 13.2 Å². The predicted molar refractivity (Wildman–Crippen MR) is 130 cm³/mol. The summed E-state index contributed by atoms with van der Waals surface area (Å²) >= 11 is 0. The second kappa shape index (κ2) is 11.9. The number of carbonyl (C=O) groups excluding carboxylic acids is 3. The second-order valence-corrected chi connectivity index (χ2v) is 8.07. The monoisotopic (exact) mass is 563 g/mol. The second-order valence-electron chi connectivity index (χ2n) is 8.07. The third-order valence-corrected chi connectivity index (χ3v) is 5.61. The standard InChI is InChI=1S/C27H21F4NO8/c1-3-38-24(34)26(25(35)39-4-2,16-8-6-5-7-9-16)23(33)19-15-18(11-12-21(19)32(36)37)40-22-13-10-17(14-20(22)28)27(29,30)31/h5-15H,3-4H2,1-2H3. The zero-order valence-electron chi connectivity index (χ0n) is 21.0. The molecule has 0 heterocycles. The highest BCUT2D eigenvalue weighted by atomic mass is 19.4. The van der Waals surface area contributed by atoms with E-state index in [-0.39, 0.29) is 24.8 Å². The molecule has 0 aromatic heterocycles. The molecule has 210 valence electrons. The maximum absolute atomic E-state index is 14.4. The van der Waals surface area contributed by atoms with E-state index in [0.29, 0.717) is 12.1 Å². The average Bonchev–Trinajstić information content (AvgIpc) is 2.90. The molecule has 3 aromatic carbocycles. The van der Waals surface area contributed by atoms with E-state index < -0.39 is 68.4 Å². The fourth-order valence-corrected chi connectivity index (χ4v) is 3.81. The van der Waals surface area contributed by atoms with Crippen molar-refractivity contribution in [2.75, 3.05) is 13.2 Å². The van der Waals surface area contributed by atoms with E-state index in [1.54, 1.807) is 0 Å². The van der Waals surface area contributed by atoms with Gasteiger partial charge in [0, 0.05) is 6.07 Å². The summed E-state index contributed by atoms with van der Waals surface area (Å²) < 4.78 is 68.5. The van der Waals surface area contributed by atoms with Crippen LogP contribution in [0.25, 0.3) is 0 Å². The molecule has 0 unspecified atom stereocenters. The van der Waals surface area contributed by atoms with Crippen LogP contribution in [0, 0.1) is 15.9 Å². The minimum atomic E-state index is -4.83. The number of nitro benzene ring substituents is 1. The van der Waals surface area contributed by atoms with Gasteiger partial charge in [-0.1, -0.05) is 30.3 Å². The first-order valence-corrected chi connectivity index (χ1v) is 11.7. The molecule has 0 radical (unpaired) electrons. The number of benzene rings is 3. The molecule has 40 heavy (non-hydrogen) atoms. The fourth-order valence-electron chi connectivity index (χ4n) is 3.81. The van der Waals surface area contributed by atoms with Crippen LogP contribution in [-0.4, -0.2) is 35.9 Å². The van der Waals surface area contributed by atoms with Gasteiger partial charge in [-0.3, -0.25) is 14.9 Å². The van der Waals surface area contributed by atoms with Crippen molar-refractivity contribution in [3.8, 4) is 11.5 Å². The fraction of sp³-hybridized carbons (Fsp3) is 0.222. The highest BCUT2D eigenvalue weighted by Crippen LogP contribution is 2.38. The Kier molecular flexibility index (Phi) is 8.87. The molecule has 3 rings (SSSR count). The molecule has 0 aliphatic heterocycles. The first kappa shape index (κ1) is 29.7. The van der Waals surface area contributed by atoms with Gasteiger partial charge in [0.25, 0.3) is 11.1 Å². The molecule has 0 aliphatic carbocycles. The molecule has 3 aromatic rings. The summed E-state index contributed by atoms with van der Waals surface area (Å²) in [5.41, 5.74) is -5.98. The topological polar surface area (TPSA) is 122 Å². The van der Waals surface area contributed by atoms with Gasteiger partial charge in [0.1, 0.15) is 11.3 Å². The molecule has 0 bridgehead atoms. The van der Waals surface area contributed by atoms with Crippen LogP contribution >= 0.6 is 0 Å². The molecule has 0 N–H and O–H groups in total. The molecular formula is C27H21F4NO8. The highest BCUT2D eigenvalue weighted by molar-refractivity contribution is 6.31. The van der Waals surface area contributed by atoms with E-state index in [9.17, 15) is 42.1 Å². The molecular weight excluding hydrogens is 542 g/mol. The lowest BCUT2D eigenvalue weighted by Crippen LogP contribution is -2.52. The molecule has 0 amide bonds. The zero-order valence-corrected chi connectivity index (χ0v) is 21.0. The summed E-state index contributed by atoms with van der Waals surface area (Å²) in [7, 11) is 0. The van der Waals surface area contributed by atoms with E-state index in [1.807, 2.05) is 0 Å². The van der Waals surface area contributed by atoms with Gasteiger partial charge in [0.2, 0.25) is 5.78 Å². The Bertz CT molecular complexity index is 1420. The molecule has 9 nitrogen and oxygen atoms in total. The molecule has 13 heteroatoms. The number of hydrogen-bond acceptors (Lipinski definition) is 8. The van der Waals surface area contributed by atoms with Crippen molar-refractivity contribution in [2.24, 2.45) is 0 Å². The van der Waals surface area contributed by atoms with Gasteiger partial charge in [-0.05, 0) is 49.7 Å². The largest absolute Gasteiger partial charge is 0.465 e. The van der Waals surface area contributed by atoms with Crippen molar-refractivity contribution < 1.29 is 51.1 Å². The SMILES string of the molecule is CCOC(=O)C(C(=O)OCC)(C(=O)c1cc(Oc2ccc(C(F)(F)F)cc2F)ccc1[N+](=O)[O-])c1ccccc1. The Hall–Kier alpha value is -4.81. The van der Waals surface area contributed by atoms with Crippen LogP contribution in [0.4, 0.5) is 23.2 Å². The van der Waals surface area contributed by atoms with Crippen molar-refractivity contribution in [1.82, 2.24) is 0 Å². The van der Waals surface area contributed by atoms with Crippen LogP contribution < -0.4 is 4.74 Å². The Morgan fingerprint density at radius 1 is 0.850 bits per heavy atom. The number of hydrogen-bond donors (Lipinski definition) is 0. The maximum atomic E-state index is 14.4. The number of halogens is 4. The van der Waals surface area contributed by atoms with Crippen LogP contribution in [0.3, 0.4) is 0 Å². The van der Waals surface area contributed by atoms with E-state index in [0.717, 1.165) is 18.2 Å². The summed E-state index contributed by atoms with van der Waals surface area (Å²) in [5, 5.41) is 11.8. The minimum absolute atomic E-state index is 0.189. The molecule has 0 atom stereocenters. The first-order chi connectivity index (χ1) is 18.9. The van der Waals surface area contributed by atoms with Gasteiger partial charge in [0.05, 0.1) is 23.7 Å². The number of nitrogens with zero attached hydrogens (tertiary/aromatic N) is 1. The lowest BCUT2D eigenvalue weighted by Gasteiger charge is -2.28. The van der Waals surface area contributed by atoms with E-state index in [2.05, 4.69) is 0 Å². The lowest BCUT2D eigenvalue weighted by molar-refractivity contribution is -0.385. The number of ketones is 1.